The third-order valence-corrected chi connectivity index (χ3v) is 7.71. The molecule has 30 heavy (non-hydrogen) atoms. The van der Waals surface area contributed by atoms with Gasteiger partial charge in [-0.3, -0.25) is 4.90 Å². The van der Waals surface area contributed by atoms with Gasteiger partial charge in [0, 0.05) is 37.6 Å². The molecule has 0 radical (unpaired) electrons. The SMILES string of the molecule is c1nc(N2CCN(C3COC3)CC2)cc(-n2ncc3ccc(C4CC45CC5)cc32)n1. The van der Waals surface area contributed by atoms with E-state index in [4.69, 9.17) is 4.74 Å². The first kappa shape index (κ1) is 17.2. The summed E-state index contributed by atoms with van der Waals surface area (Å²) >= 11 is 0. The van der Waals surface area contributed by atoms with Crippen LogP contribution in [-0.2, 0) is 4.74 Å². The number of nitrogens with zero attached hydrogens (tertiary/aromatic N) is 6. The molecule has 2 saturated carbocycles. The molecule has 2 aliphatic heterocycles. The Morgan fingerprint density at radius 1 is 0.967 bits per heavy atom. The van der Waals surface area contributed by atoms with Gasteiger partial charge in [0.05, 0.1) is 31.0 Å². The van der Waals surface area contributed by atoms with Crippen LogP contribution in [0.15, 0.2) is 36.8 Å². The molecule has 154 valence electrons. The summed E-state index contributed by atoms with van der Waals surface area (Å²) in [6.07, 6.45) is 7.80. The van der Waals surface area contributed by atoms with Crippen LogP contribution in [-0.4, -0.2) is 70.1 Å². The fraction of sp³-hybridized carbons (Fsp3) is 0.522. The Morgan fingerprint density at radius 3 is 2.53 bits per heavy atom. The minimum absolute atomic E-state index is 0.610. The first-order valence-corrected chi connectivity index (χ1v) is 11.2. The second-order valence-corrected chi connectivity index (χ2v) is 9.44. The Balaban J connectivity index is 1.16. The maximum Gasteiger partial charge on any atom is 0.159 e. The van der Waals surface area contributed by atoms with Gasteiger partial charge in [-0.1, -0.05) is 12.1 Å². The van der Waals surface area contributed by atoms with Crippen molar-refractivity contribution in [3.05, 3.63) is 42.4 Å². The fourth-order valence-electron chi connectivity index (χ4n) is 5.34. The summed E-state index contributed by atoms with van der Waals surface area (Å²) in [5.41, 5.74) is 3.27. The first-order chi connectivity index (χ1) is 14.8. The number of hydrogen-bond acceptors (Lipinski definition) is 6. The average Bonchev–Trinajstić information content (AvgIpc) is 3.64. The van der Waals surface area contributed by atoms with E-state index in [1.54, 1.807) is 6.33 Å². The number of ether oxygens (including phenoxy) is 1. The highest BCUT2D eigenvalue weighted by Gasteiger charge is 2.62. The van der Waals surface area contributed by atoms with Crippen molar-refractivity contribution < 1.29 is 4.74 Å². The fourth-order valence-corrected chi connectivity index (χ4v) is 5.34. The van der Waals surface area contributed by atoms with E-state index in [2.05, 4.69) is 49.1 Å². The molecule has 2 aliphatic carbocycles. The predicted octanol–water partition coefficient (Wildman–Crippen LogP) is 2.60. The third-order valence-electron chi connectivity index (χ3n) is 7.71. The largest absolute Gasteiger partial charge is 0.378 e. The zero-order chi connectivity index (χ0) is 19.7. The van der Waals surface area contributed by atoms with E-state index in [9.17, 15) is 0 Å². The van der Waals surface area contributed by atoms with Crippen molar-refractivity contribution in [2.45, 2.75) is 31.2 Å². The third kappa shape index (κ3) is 2.68. The van der Waals surface area contributed by atoms with Crippen LogP contribution >= 0.6 is 0 Å². The molecule has 4 heterocycles. The molecule has 2 saturated heterocycles. The number of hydrogen-bond donors (Lipinski definition) is 0. The van der Waals surface area contributed by atoms with Crippen molar-refractivity contribution in [3.8, 4) is 5.82 Å². The summed E-state index contributed by atoms with van der Waals surface area (Å²) in [5, 5.41) is 5.83. The maximum atomic E-state index is 5.35. The lowest BCUT2D eigenvalue weighted by Gasteiger charge is -2.42. The molecule has 0 N–H and O–H groups in total. The summed E-state index contributed by atoms with van der Waals surface area (Å²) in [5.74, 6) is 2.59. The lowest BCUT2D eigenvalue weighted by atomic mass is 10.1. The van der Waals surface area contributed by atoms with Crippen molar-refractivity contribution >= 4 is 16.7 Å². The highest BCUT2D eigenvalue weighted by Crippen LogP contribution is 2.75. The summed E-state index contributed by atoms with van der Waals surface area (Å²) in [6.45, 7) is 5.86. The minimum Gasteiger partial charge on any atom is -0.378 e. The number of benzene rings is 1. The molecule has 0 bridgehead atoms. The van der Waals surface area contributed by atoms with Gasteiger partial charge in [0.2, 0.25) is 0 Å². The van der Waals surface area contributed by atoms with Crippen LogP contribution in [0.5, 0.6) is 0 Å². The van der Waals surface area contributed by atoms with Crippen LogP contribution < -0.4 is 4.90 Å². The molecule has 7 rings (SSSR count). The van der Waals surface area contributed by atoms with Crippen LogP contribution in [0.4, 0.5) is 5.82 Å². The van der Waals surface area contributed by atoms with Gasteiger partial charge in [0.1, 0.15) is 12.1 Å². The molecule has 4 aliphatic rings. The van der Waals surface area contributed by atoms with Gasteiger partial charge in [0.15, 0.2) is 5.82 Å². The van der Waals surface area contributed by atoms with Crippen molar-refractivity contribution in [2.75, 3.05) is 44.3 Å². The predicted molar refractivity (Wildman–Crippen MR) is 114 cm³/mol. The van der Waals surface area contributed by atoms with Gasteiger partial charge in [-0.2, -0.15) is 5.10 Å². The van der Waals surface area contributed by atoms with Crippen molar-refractivity contribution in [2.24, 2.45) is 5.41 Å². The number of piperazine rings is 1. The topological polar surface area (TPSA) is 59.3 Å². The first-order valence-electron chi connectivity index (χ1n) is 11.2. The Labute approximate surface area is 175 Å². The molecule has 2 aromatic heterocycles. The smallest absolute Gasteiger partial charge is 0.159 e. The van der Waals surface area contributed by atoms with Crippen LogP contribution in [0.2, 0.25) is 0 Å². The second-order valence-electron chi connectivity index (χ2n) is 9.44. The number of aromatic nitrogens is 4. The van der Waals surface area contributed by atoms with E-state index < -0.39 is 0 Å². The van der Waals surface area contributed by atoms with Crippen LogP contribution in [0, 0.1) is 5.41 Å². The van der Waals surface area contributed by atoms with Gasteiger partial charge in [-0.05, 0) is 42.2 Å². The number of anilines is 1. The highest BCUT2D eigenvalue weighted by atomic mass is 16.5. The Hall–Kier alpha value is -2.51. The molecule has 7 nitrogen and oxygen atoms in total. The summed E-state index contributed by atoms with van der Waals surface area (Å²) < 4.78 is 7.33. The molecule has 1 spiro atoms. The molecule has 4 fully saturated rings. The van der Waals surface area contributed by atoms with Gasteiger partial charge < -0.3 is 9.64 Å². The van der Waals surface area contributed by atoms with E-state index in [-0.39, 0.29) is 0 Å². The molecular weight excluding hydrogens is 376 g/mol. The second kappa shape index (κ2) is 6.25. The van der Waals surface area contributed by atoms with Gasteiger partial charge >= 0.3 is 0 Å². The van der Waals surface area contributed by atoms with Crippen molar-refractivity contribution in [1.29, 1.82) is 0 Å². The van der Waals surface area contributed by atoms with E-state index >= 15 is 0 Å². The van der Waals surface area contributed by atoms with Crippen molar-refractivity contribution in [1.82, 2.24) is 24.6 Å². The van der Waals surface area contributed by atoms with Crippen LogP contribution in [0.1, 0.15) is 30.7 Å². The van der Waals surface area contributed by atoms with Crippen molar-refractivity contribution in [3.63, 3.8) is 0 Å². The summed E-state index contributed by atoms with van der Waals surface area (Å²) in [6, 6.07) is 9.54. The molecule has 1 aromatic carbocycles. The monoisotopic (exact) mass is 402 g/mol. The van der Waals surface area contributed by atoms with E-state index in [0.717, 1.165) is 62.5 Å². The zero-order valence-electron chi connectivity index (χ0n) is 17.1. The Bertz CT molecular complexity index is 1110. The maximum absolute atomic E-state index is 5.35. The zero-order valence-corrected chi connectivity index (χ0v) is 17.1. The molecule has 1 atom stereocenters. The quantitative estimate of drug-likeness (QED) is 0.669. The van der Waals surface area contributed by atoms with Crippen LogP contribution in [0.3, 0.4) is 0 Å². The number of rotatable bonds is 4. The Kier molecular flexibility index (Phi) is 3.58. The lowest BCUT2D eigenvalue weighted by molar-refractivity contribution is -0.0661. The summed E-state index contributed by atoms with van der Waals surface area (Å²) in [4.78, 5) is 14.0. The van der Waals surface area contributed by atoms with E-state index in [0.29, 0.717) is 11.5 Å². The normalized spacial score (nSPS) is 25.6. The molecule has 3 aromatic rings. The van der Waals surface area contributed by atoms with Crippen LogP contribution in [0.25, 0.3) is 16.7 Å². The molecule has 0 amide bonds. The minimum atomic E-state index is 0.610. The summed E-state index contributed by atoms with van der Waals surface area (Å²) in [7, 11) is 0. The highest BCUT2D eigenvalue weighted by molar-refractivity contribution is 5.81. The van der Waals surface area contributed by atoms with Gasteiger partial charge in [0.25, 0.3) is 0 Å². The number of fused-ring (bicyclic) bond motifs is 1. The van der Waals surface area contributed by atoms with E-state index in [1.165, 1.54) is 30.2 Å². The van der Waals surface area contributed by atoms with Gasteiger partial charge in [-0.25, -0.2) is 14.6 Å². The molecular formula is C23H26N6O. The van der Waals surface area contributed by atoms with Gasteiger partial charge in [-0.15, -0.1) is 0 Å². The standard InChI is InChI=1S/C23H26N6O/c1-2-17-12-26-29(20(17)9-16(1)19-11-23(19)3-4-23)22-10-21(24-15-25-22)28-7-5-27(6-8-28)18-13-30-14-18/h1-2,9-10,12,15,18-19H,3-8,11,13-14H2. The molecule has 1 unspecified atom stereocenters. The molecule has 7 heteroatoms. The Morgan fingerprint density at radius 2 is 1.80 bits per heavy atom. The average molecular weight is 403 g/mol. The van der Waals surface area contributed by atoms with E-state index in [1.807, 2.05) is 10.9 Å². The lowest BCUT2D eigenvalue weighted by Crippen LogP contribution is -2.56.